The zero-order valence-corrected chi connectivity index (χ0v) is 18.2. The van der Waals surface area contributed by atoms with Crippen molar-refractivity contribution in [3.05, 3.63) is 52.3 Å². The minimum absolute atomic E-state index is 0.0247. The van der Waals surface area contributed by atoms with Crippen molar-refractivity contribution in [2.45, 2.75) is 52.2 Å². The molecule has 2 aromatic rings. The molecule has 2 heterocycles. The van der Waals surface area contributed by atoms with Crippen molar-refractivity contribution in [2.24, 2.45) is 5.92 Å². The molecule has 1 aromatic carbocycles. The smallest absolute Gasteiger partial charge is 0.274 e. The van der Waals surface area contributed by atoms with Crippen molar-refractivity contribution in [1.29, 1.82) is 0 Å². The van der Waals surface area contributed by atoms with Crippen LogP contribution in [0.2, 0.25) is 0 Å². The number of fused-ring (bicyclic) bond motifs is 1. The Bertz CT molecular complexity index is 938. The lowest BCUT2D eigenvalue weighted by atomic mass is 9.90. The summed E-state index contributed by atoms with van der Waals surface area (Å²) in [5, 5.41) is 8.20. The van der Waals surface area contributed by atoms with Gasteiger partial charge in [-0.2, -0.15) is 5.10 Å². The van der Waals surface area contributed by atoms with Gasteiger partial charge in [0.1, 0.15) is 0 Å². The molecule has 1 aliphatic carbocycles. The SMILES string of the molecule is CC(C)Cn1nc(C(=O)N2CCOCC2)c2c1CC[C@@H](NCc1ccc(F)c(F)c1)C2. The lowest BCUT2D eigenvalue weighted by Gasteiger charge is -2.28. The molecule has 0 saturated carbocycles. The second kappa shape index (κ2) is 9.44. The summed E-state index contributed by atoms with van der Waals surface area (Å²) in [5.41, 5.74) is 3.42. The zero-order valence-electron chi connectivity index (χ0n) is 18.2. The molecule has 1 N–H and O–H groups in total. The summed E-state index contributed by atoms with van der Waals surface area (Å²) in [7, 11) is 0. The topological polar surface area (TPSA) is 59.4 Å². The Hall–Kier alpha value is -2.32. The Morgan fingerprint density at radius 1 is 1.26 bits per heavy atom. The van der Waals surface area contributed by atoms with E-state index >= 15 is 0 Å². The minimum atomic E-state index is -0.838. The van der Waals surface area contributed by atoms with Gasteiger partial charge in [0, 0.05) is 43.5 Å². The number of nitrogens with zero attached hydrogens (tertiary/aromatic N) is 3. The zero-order chi connectivity index (χ0) is 22.0. The summed E-state index contributed by atoms with van der Waals surface area (Å²) in [5.74, 6) is -1.27. The van der Waals surface area contributed by atoms with Gasteiger partial charge in [0.2, 0.25) is 0 Å². The molecule has 0 radical (unpaired) electrons. The van der Waals surface area contributed by atoms with E-state index in [1.807, 2.05) is 9.58 Å². The van der Waals surface area contributed by atoms with Crippen molar-refractivity contribution in [1.82, 2.24) is 20.0 Å². The molecule has 8 heteroatoms. The molecule has 1 fully saturated rings. The maximum absolute atomic E-state index is 13.5. The predicted octanol–water partition coefficient (Wildman–Crippen LogP) is 2.94. The van der Waals surface area contributed by atoms with Crippen LogP contribution in [0, 0.1) is 17.6 Å². The number of aromatic nitrogens is 2. The summed E-state index contributed by atoms with van der Waals surface area (Å²) in [6, 6.07) is 4.12. The Morgan fingerprint density at radius 3 is 2.74 bits per heavy atom. The van der Waals surface area contributed by atoms with Crippen LogP contribution in [-0.4, -0.2) is 52.9 Å². The summed E-state index contributed by atoms with van der Waals surface area (Å²) in [4.78, 5) is 15.0. The van der Waals surface area contributed by atoms with Gasteiger partial charge in [0.05, 0.1) is 13.2 Å². The molecule has 1 aliphatic heterocycles. The quantitative estimate of drug-likeness (QED) is 0.763. The van der Waals surface area contributed by atoms with Crippen molar-refractivity contribution in [3.8, 4) is 0 Å². The third-order valence-electron chi connectivity index (χ3n) is 5.96. The van der Waals surface area contributed by atoms with Gasteiger partial charge in [0.25, 0.3) is 5.91 Å². The van der Waals surface area contributed by atoms with Gasteiger partial charge < -0.3 is 15.0 Å². The van der Waals surface area contributed by atoms with Gasteiger partial charge in [-0.3, -0.25) is 9.48 Å². The molecule has 1 aromatic heterocycles. The van der Waals surface area contributed by atoms with Crippen LogP contribution in [0.1, 0.15) is 47.6 Å². The van der Waals surface area contributed by atoms with Crippen LogP contribution >= 0.6 is 0 Å². The summed E-state index contributed by atoms with van der Waals surface area (Å²) >= 11 is 0. The number of carbonyl (C=O) groups excluding carboxylic acids is 1. The van der Waals surface area contributed by atoms with Crippen molar-refractivity contribution >= 4 is 5.91 Å². The Labute approximate surface area is 181 Å². The minimum Gasteiger partial charge on any atom is -0.378 e. The van der Waals surface area contributed by atoms with E-state index in [1.165, 1.54) is 6.07 Å². The summed E-state index contributed by atoms with van der Waals surface area (Å²) < 4.78 is 34.1. The van der Waals surface area contributed by atoms with Crippen LogP contribution in [0.15, 0.2) is 18.2 Å². The van der Waals surface area contributed by atoms with Gasteiger partial charge in [-0.1, -0.05) is 19.9 Å². The number of rotatable bonds is 6. The number of hydrogen-bond donors (Lipinski definition) is 1. The number of nitrogens with one attached hydrogen (secondary N) is 1. The van der Waals surface area contributed by atoms with E-state index in [9.17, 15) is 13.6 Å². The maximum Gasteiger partial charge on any atom is 0.274 e. The number of benzene rings is 1. The van der Waals surface area contributed by atoms with Gasteiger partial charge >= 0.3 is 0 Å². The highest BCUT2D eigenvalue weighted by Crippen LogP contribution is 2.27. The highest BCUT2D eigenvalue weighted by molar-refractivity contribution is 5.94. The molecule has 1 atom stereocenters. The molecule has 0 unspecified atom stereocenters. The largest absolute Gasteiger partial charge is 0.378 e. The first-order valence-corrected chi connectivity index (χ1v) is 11.0. The van der Waals surface area contributed by atoms with E-state index in [1.54, 1.807) is 6.07 Å². The van der Waals surface area contributed by atoms with Crippen LogP contribution in [0.5, 0.6) is 0 Å². The van der Waals surface area contributed by atoms with E-state index in [4.69, 9.17) is 9.84 Å². The van der Waals surface area contributed by atoms with Gasteiger partial charge in [0.15, 0.2) is 17.3 Å². The fourth-order valence-electron chi connectivity index (χ4n) is 4.36. The number of morpholine rings is 1. The van der Waals surface area contributed by atoms with Crippen LogP contribution in [-0.2, 0) is 30.7 Å². The fourth-order valence-corrected chi connectivity index (χ4v) is 4.36. The molecule has 1 saturated heterocycles. The molecule has 168 valence electrons. The van der Waals surface area contributed by atoms with Crippen molar-refractivity contribution in [3.63, 3.8) is 0 Å². The van der Waals surface area contributed by atoms with Crippen LogP contribution in [0.4, 0.5) is 8.78 Å². The molecule has 6 nitrogen and oxygen atoms in total. The standard InChI is InChI=1S/C23H30F2N4O2/c1-15(2)14-29-21-6-4-17(26-13-16-3-5-19(24)20(25)11-16)12-18(21)22(27-29)23(30)28-7-9-31-10-8-28/h3,5,11,15,17,26H,4,6-10,12-14H2,1-2H3/t17-/m1/s1. The van der Waals surface area contributed by atoms with E-state index in [0.29, 0.717) is 56.4 Å². The second-order valence-corrected chi connectivity index (χ2v) is 8.82. The van der Waals surface area contributed by atoms with Gasteiger partial charge in [-0.05, 0) is 42.9 Å². The highest BCUT2D eigenvalue weighted by Gasteiger charge is 2.31. The van der Waals surface area contributed by atoms with E-state index in [0.717, 1.165) is 36.7 Å². The van der Waals surface area contributed by atoms with Crippen LogP contribution in [0.25, 0.3) is 0 Å². The lowest BCUT2D eigenvalue weighted by molar-refractivity contribution is 0.0297. The summed E-state index contributed by atoms with van der Waals surface area (Å²) in [6.45, 7) is 7.80. The Balaban J connectivity index is 1.52. The number of ether oxygens (including phenoxy) is 1. The first-order valence-electron chi connectivity index (χ1n) is 11.0. The number of halogens is 2. The molecule has 0 spiro atoms. The highest BCUT2D eigenvalue weighted by atomic mass is 19.2. The second-order valence-electron chi connectivity index (χ2n) is 8.82. The first kappa shape index (κ1) is 21.9. The van der Waals surface area contributed by atoms with Gasteiger partial charge in [-0.15, -0.1) is 0 Å². The summed E-state index contributed by atoms with van der Waals surface area (Å²) in [6.07, 6.45) is 2.44. The van der Waals surface area contributed by atoms with E-state index in [-0.39, 0.29) is 11.9 Å². The molecule has 2 aliphatic rings. The molecule has 31 heavy (non-hydrogen) atoms. The monoisotopic (exact) mass is 432 g/mol. The van der Waals surface area contributed by atoms with Crippen molar-refractivity contribution in [2.75, 3.05) is 26.3 Å². The Kier molecular flexibility index (Phi) is 6.67. The average Bonchev–Trinajstić information content (AvgIpc) is 3.11. The molecule has 0 bridgehead atoms. The lowest BCUT2D eigenvalue weighted by Crippen LogP contribution is -2.41. The third-order valence-corrected chi connectivity index (χ3v) is 5.96. The van der Waals surface area contributed by atoms with Crippen LogP contribution in [0.3, 0.4) is 0 Å². The fraction of sp³-hybridized carbons (Fsp3) is 0.565. The molecule has 4 rings (SSSR count). The first-order chi connectivity index (χ1) is 14.9. The third kappa shape index (κ3) is 4.96. The van der Waals surface area contributed by atoms with Crippen LogP contribution < -0.4 is 5.32 Å². The Morgan fingerprint density at radius 2 is 2.03 bits per heavy atom. The normalized spacial score (nSPS) is 19.0. The number of hydrogen-bond acceptors (Lipinski definition) is 4. The predicted molar refractivity (Wildman–Crippen MR) is 113 cm³/mol. The maximum atomic E-state index is 13.5. The van der Waals surface area contributed by atoms with E-state index in [2.05, 4.69) is 19.2 Å². The molecular weight excluding hydrogens is 402 g/mol. The number of amides is 1. The molecule has 1 amide bonds. The number of carbonyl (C=O) groups is 1. The average molecular weight is 433 g/mol. The van der Waals surface area contributed by atoms with E-state index < -0.39 is 11.6 Å². The van der Waals surface area contributed by atoms with Gasteiger partial charge in [-0.25, -0.2) is 8.78 Å². The molecular formula is C23H30F2N4O2. The van der Waals surface area contributed by atoms with Crippen molar-refractivity contribution < 1.29 is 18.3 Å².